The van der Waals surface area contributed by atoms with E-state index in [2.05, 4.69) is 19.9 Å². The van der Waals surface area contributed by atoms with Crippen LogP contribution in [-0.4, -0.2) is 49.5 Å². The molecule has 0 fully saturated rings. The minimum atomic E-state index is -3.87. The van der Waals surface area contributed by atoms with Gasteiger partial charge in [-0.25, -0.2) is 18.2 Å². The van der Waals surface area contributed by atoms with Crippen molar-refractivity contribution in [2.75, 3.05) is 23.2 Å². The molecule has 0 spiro atoms. The van der Waals surface area contributed by atoms with Crippen LogP contribution in [0.15, 0.2) is 69.9 Å². The second-order valence-corrected chi connectivity index (χ2v) is 9.41. The van der Waals surface area contributed by atoms with E-state index < -0.39 is 27.3 Å². The fraction of sp³-hybridized carbons (Fsp3) is 0.208. The van der Waals surface area contributed by atoms with Crippen LogP contribution in [0, 0.1) is 0 Å². The zero-order chi connectivity index (χ0) is 26.3. The van der Waals surface area contributed by atoms with Crippen LogP contribution >= 0.6 is 0 Å². The molecule has 0 unspecified atom stereocenters. The van der Waals surface area contributed by atoms with Gasteiger partial charge in [-0.05, 0) is 48.9 Å². The molecule has 3 N–H and O–H groups in total. The molecule has 0 aliphatic carbocycles. The Morgan fingerprint density at radius 3 is 2.47 bits per heavy atom. The highest BCUT2D eigenvalue weighted by Crippen LogP contribution is 2.41. The number of pyridine rings is 1. The van der Waals surface area contributed by atoms with Gasteiger partial charge in [-0.15, -0.1) is 5.11 Å². The van der Waals surface area contributed by atoms with Crippen LogP contribution < -0.4 is 9.62 Å². The fourth-order valence-electron chi connectivity index (χ4n) is 3.52. The lowest BCUT2D eigenvalue weighted by Gasteiger charge is -2.24. The Hall–Kier alpha value is -4.32. The molecule has 0 saturated heterocycles. The number of aromatic carboxylic acids is 1. The summed E-state index contributed by atoms with van der Waals surface area (Å²) in [4.78, 5) is 28.6. The first-order valence-corrected chi connectivity index (χ1v) is 12.4. The van der Waals surface area contributed by atoms with Crippen molar-refractivity contribution in [3.8, 4) is 5.75 Å². The molecular formula is C24H25N5O6S. The van der Waals surface area contributed by atoms with E-state index in [9.17, 15) is 28.2 Å². The lowest BCUT2D eigenvalue weighted by Crippen LogP contribution is -2.20. The third-order valence-electron chi connectivity index (χ3n) is 5.13. The number of aromatic hydroxyl groups is 1. The average Bonchev–Trinajstić information content (AvgIpc) is 2.85. The number of hydrogen-bond donors (Lipinski definition) is 3. The Morgan fingerprint density at radius 1 is 1.17 bits per heavy atom. The van der Waals surface area contributed by atoms with Gasteiger partial charge in [0.1, 0.15) is 29.1 Å². The molecular weight excluding hydrogens is 486 g/mol. The van der Waals surface area contributed by atoms with Crippen LogP contribution in [-0.2, 0) is 21.2 Å². The molecule has 0 atom stereocenters. The summed E-state index contributed by atoms with van der Waals surface area (Å²) >= 11 is 0. The summed E-state index contributed by atoms with van der Waals surface area (Å²) in [6.07, 6.45) is 2.57. The minimum absolute atomic E-state index is 0.0125. The summed E-state index contributed by atoms with van der Waals surface area (Å²) in [6, 6.07) is 11.6. The molecule has 1 heterocycles. The Balaban J connectivity index is 1.98. The van der Waals surface area contributed by atoms with Gasteiger partial charge in [-0.2, -0.15) is 5.11 Å². The van der Waals surface area contributed by atoms with Gasteiger partial charge in [0.25, 0.3) is 10.0 Å². The maximum atomic E-state index is 12.6. The number of carboxylic acid groups (broad SMARTS) is 1. The summed E-state index contributed by atoms with van der Waals surface area (Å²) in [5, 5.41) is 28.3. The zero-order valence-corrected chi connectivity index (χ0v) is 20.4. The minimum Gasteiger partial charge on any atom is -0.507 e. The van der Waals surface area contributed by atoms with Gasteiger partial charge in [-0.1, -0.05) is 13.0 Å². The van der Waals surface area contributed by atoms with Crippen molar-refractivity contribution >= 4 is 45.2 Å². The second-order valence-electron chi connectivity index (χ2n) is 7.73. The molecule has 0 bridgehead atoms. The third kappa shape index (κ3) is 6.02. The lowest BCUT2D eigenvalue weighted by molar-refractivity contribution is -0.107. The topological polar surface area (TPSA) is 162 Å². The van der Waals surface area contributed by atoms with Crippen LogP contribution in [0.1, 0.15) is 29.3 Å². The number of nitrogens with zero attached hydrogens (tertiary/aromatic N) is 4. The third-order valence-corrected chi connectivity index (χ3v) is 6.50. The van der Waals surface area contributed by atoms with Crippen LogP contribution in [0.2, 0.25) is 0 Å². The quantitative estimate of drug-likeness (QED) is 0.254. The second kappa shape index (κ2) is 11.4. The smallest absolute Gasteiger partial charge is 0.339 e. The summed E-state index contributed by atoms with van der Waals surface area (Å²) in [7, 11) is -2.13. The molecule has 1 aromatic heterocycles. The van der Waals surface area contributed by atoms with Crippen molar-refractivity contribution in [3.63, 3.8) is 0 Å². The summed E-state index contributed by atoms with van der Waals surface area (Å²) in [6.45, 7) is 2.50. The first-order valence-electron chi connectivity index (χ1n) is 10.9. The van der Waals surface area contributed by atoms with Crippen LogP contribution in [0.25, 0.3) is 0 Å². The van der Waals surface area contributed by atoms with E-state index in [-0.39, 0.29) is 28.4 Å². The molecule has 0 saturated carbocycles. The van der Waals surface area contributed by atoms with E-state index in [0.29, 0.717) is 24.2 Å². The predicted molar refractivity (Wildman–Crippen MR) is 134 cm³/mol. The van der Waals surface area contributed by atoms with Crippen molar-refractivity contribution in [2.24, 2.45) is 10.2 Å². The normalized spacial score (nSPS) is 11.4. The molecule has 36 heavy (non-hydrogen) atoms. The number of benzene rings is 2. The van der Waals surface area contributed by atoms with E-state index in [1.54, 1.807) is 24.1 Å². The summed E-state index contributed by atoms with van der Waals surface area (Å²) in [5.74, 6) is -1.70. The van der Waals surface area contributed by atoms with Crippen molar-refractivity contribution < 1.29 is 28.2 Å². The Kier molecular flexibility index (Phi) is 8.33. The number of rotatable bonds is 11. The number of aromatic nitrogens is 1. The van der Waals surface area contributed by atoms with Crippen molar-refractivity contribution in [1.82, 2.24) is 4.98 Å². The molecule has 2 aromatic carbocycles. The lowest BCUT2D eigenvalue weighted by atomic mass is 10.0. The van der Waals surface area contributed by atoms with Crippen LogP contribution in [0.3, 0.4) is 0 Å². The number of aldehydes is 1. The zero-order valence-electron chi connectivity index (χ0n) is 19.6. The van der Waals surface area contributed by atoms with Gasteiger partial charge in [0.2, 0.25) is 0 Å². The summed E-state index contributed by atoms with van der Waals surface area (Å²) in [5.41, 5.74) is 0.562. The average molecular weight is 512 g/mol. The predicted octanol–water partition coefficient (Wildman–Crippen LogP) is 4.29. The summed E-state index contributed by atoms with van der Waals surface area (Å²) < 4.78 is 27.6. The SMILES string of the molecule is CCCN(C)c1c(N=Nc2ccc(S(=O)(=O)Nc3ccccn3)cc2)cc(C(=O)O)c(O)c1CC=O. The Labute approximate surface area is 208 Å². The van der Waals surface area contributed by atoms with Crippen molar-refractivity contribution in [3.05, 3.63) is 65.9 Å². The number of sulfonamides is 1. The largest absolute Gasteiger partial charge is 0.507 e. The highest BCUT2D eigenvalue weighted by molar-refractivity contribution is 7.92. The molecule has 3 aromatic rings. The van der Waals surface area contributed by atoms with Gasteiger partial charge in [0.15, 0.2) is 0 Å². The van der Waals surface area contributed by atoms with Gasteiger partial charge in [-0.3, -0.25) is 4.72 Å². The molecule has 0 aliphatic rings. The number of nitrogens with one attached hydrogen (secondary N) is 1. The molecule has 12 heteroatoms. The van der Waals surface area contributed by atoms with Gasteiger partial charge < -0.3 is 19.9 Å². The maximum Gasteiger partial charge on any atom is 0.339 e. The Morgan fingerprint density at radius 2 is 1.89 bits per heavy atom. The molecule has 11 nitrogen and oxygen atoms in total. The number of carbonyl (C=O) groups excluding carboxylic acids is 1. The first kappa shape index (κ1) is 26.3. The van der Waals surface area contributed by atoms with Gasteiger partial charge >= 0.3 is 5.97 Å². The number of carboxylic acids is 1. The van der Waals surface area contributed by atoms with E-state index >= 15 is 0 Å². The van der Waals surface area contributed by atoms with E-state index in [0.717, 1.165) is 6.42 Å². The number of azo groups is 1. The molecule has 0 amide bonds. The number of carbonyl (C=O) groups is 2. The monoisotopic (exact) mass is 511 g/mol. The van der Waals surface area contributed by atoms with Gasteiger partial charge in [0, 0.05) is 31.8 Å². The molecule has 0 aliphatic heterocycles. The molecule has 3 rings (SSSR count). The maximum absolute atomic E-state index is 12.6. The first-order chi connectivity index (χ1) is 17.2. The van der Waals surface area contributed by atoms with Crippen molar-refractivity contribution in [2.45, 2.75) is 24.7 Å². The van der Waals surface area contributed by atoms with Gasteiger partial charge in [0.05, 0.1) is 16.3 Å². The fourth-order valence-corrected chi connectivity index (χ4v) is 4.52. The highest BCUT2D eigenvalue weighted by atomic mass is 32.2. The standard InChI is InChI=1S/C24H25N5O6S/c1-3-13-29(2)22-18(11-14-30)23(31)19(24(32)33)15-20(22)27-26-16-7-9-17(10-8-16)36(34,35)28-21-6-4-5-12-25-21/h4-10,12,14-15,31H,3,11,13H2,1-2H3,(H,25,28)(H,32,33). The number of phenols is 1. The van der Waals surface area contributed by atoms with E-state index in [1.807, 2.05) is 6.92 Å². The number of anilines is 2. The van der Waals surface area contributed by atoms with Crippen LogP contribution in [0.4, 0.5) is 22.9 Å². The number of hydrogen-bond acceptors (Lipinski definition) is 9. The van der Waals surface area contributed by atoms with Crippen LogP contribution in [0.5, 0.6) is 5.75 Å². The van der Waals surface area contributed by atoms with E-state index in [4.69, 9.17) is 0 Å². The van der Waals surface area contributed by atoms with E-state index in [1.165, 1.54) is 42.6 Å². The molecule has 0 radical (unpaired) electrons. The Bertz CT molecular complexity index is 1380. The molecule has 188 valence electrons. The highest BCUT2D eigenvalue weighted by Gasteiger charge is 2.23. The van der Waals surface area contributed by atoms with Crippen molar-refractivity contribution in [1.29, 1.82) is 0 Å².